The monoisotopic (exact) mass is 545 g/mol. The number of carbonyl (C=O) groups excluding carboxylic acids is 2. The SMILES string of the molecule is CC(=O)N[C@H]1[C@@H](O[C@@H]2[C@@H](O)[C@@H](CO)O[C@H](Oc3ccc([N+](=O)[O-])cc3)[C@@H]2NC(C)=O)O[C@H](CO)[C@@H](O)[C@H]1O. The van der Waals surface area contributed by atoms with Crippen molar-refractivity contribution in [1.29, 1.82) is 0 Å². The second kappa shape index (κ2) is 12.7. The van der Waals surface area contributed by atoms with Gasteiger partial charge in [-0.05, 0) is 12.1 Å². The van der Waals surface area contributed by atoms with Gasteiger partial charge in [-0.1, -0.05) is 0 Å². The Morgan fingerprint density at radius 1 is 0.895 bits per heavy atom. The minimum Gasteiger partial charge on any atom is -0.463 e. The van der Waals surface area contributed by atoms with Crippen LogP contribution in [-0.4, -0.2) is 117 Å². The molecule has 2 aliphatic heterocycles. The van der Waals surface area contributed by atoms with Crippen LogP contribution in [0.4, 0.5) is 5.69 Å². The zero-order valence-corrected chi connectivity index (χ0v) is 20.4. The van der Waals surface area contributed by atoms with Crippen molar-refractivity contribution in [2.45, 2.75) is 75.1 Å². The standard InChI is InChI=1S/C22H31N3O13/c1-9(28)23-15-19(32)17(30)13(7-26)36-21(15)38-20-16(24-10(2)29)22(37-14(8-27)18(20)31)35-12-5-3-11(4-6-12)25(33)34/h3-6,13-22,26-27,30-32H,7-8H2,1-2H3,(H,23,28)(H,24,29)/t13-,14-,15-,16-,17-,18+,19+,20+,21-,22+/m1/s1. The Hall–Kier alpha value is -2.96. The summed E-state index contributed by atoms with van der Waals surface area (Å²) in [5, 5.41) is 67.0. The topological polar surface area (TPSA) is 239 Å². The Kier molecular flexibility index (Phi) is 9.91. The largest absolute Gasteiger partial charge is 0.463 e. The maximum absolute atomic E-state index is 12.1. The number of hydrogen-bond acceptors (Lipinski definition) is 13. The van der Waals surface area contributed by atoms with E-state index in [-0.39, 0.29) is 11.4 Å². The minimum absolute atomic E-state index is 0.0895. The third-order valence-electron chi connectivity index (χ3n) is 6.07. The van der Waals surface area contributed by atoms with Crippen molar-refractivity contribution >= 4 is 17.5 Å². The highest BCUT2D eigenvalue weighted by molar-refractivity contribution is 5.73. The van der Waals surface area contributed by atoms with E-state index in [0.29, 0.717) is 0 Å². The number of rotatable bonds is 9. The molecule has 16 nitrogen and oxygen atoms in total. The summed E-state index contributed by atoms with van der Waals surface area (Å²) < 4.78 is 22.9. The molecule has 7 N–H and O–H groups in total. The van der Waals surface area contributed by atoms with Crippen LogP contribution in [0.2, 0.25) is 0 Å². The smallest absolute Gasteiger partial charge is 0.269 e. The van der Waals surface area contributed by atoms with Crippen LogP contribution in [0.25, 0.3) is 0 Å². The summed E-state index contributed by atoms with van der Waals surface area (Å²) in [5.41, 5.74) is -0.206. The first-order valence-electron chi connectivity index (χ1n) is 11.6. The summed E-state index contributed by atoms with van der Waals surface area (Å²) in [6.07, 6.45) is -11.9. The number of benzene rings is 1. The first kappa shape index (κ1) is 29.6. The second-order valence-electron chi connectivity index (χ2n) is 8.84. The fraction of sp³-hybridized carbons (Fsp3) is 0.636. The average Bonchev–Trinajstić information content (AvgIpc) is 2.86. The van der Waals surface area contributed by atoms with Gasteiger partial charge in [0.25, 0.3) is 5.69 Å². The van der Waals surface area contributed by atoms with E-state index in [1.807, 2.05) is 0 Å². The number of aliphatic hydroxyl groups excluding tert-OH is 5. The number of ether oxygens (including phenoxy) is 4. The summed E-state index contributed by atoms with van der Waals surface area (Å²) in [6, 6.07) is 2.27. The van der Waals surface area contributed by atoms with Crippen molar-refractivity contribution in [3.05, 3.63) is 34.4 Å². The van der Waals surface area contributed by atoms with Crippen LogP contribution < -0.4 is 15.4 Å². The average molecular weight is 545 g/mol. The second-order valence-corrected chi connectivity index (χ2v) is 8.84. The van der Waals surface area contributed by atoms with Gasteiger partial charge in [-0.25, -0.2) is 0 Å². The molecule has 16 heteroatoms. The van der Waals surface area contributed by atoms with Gasteiger partial charge in [-0.2, -0.15) is 0 Å². The van der Waals surface area contributed by atoms with E-state index in [1.54, 1.807) is 0 Å². The van der Waals surface area contributed by atoms with Crippen LogP contribution in [0.15, 0.2) is 24.3 Å². The molecule has 0 aliphatic carbocycles. The zero-order chi connectivity index (χ0) is 28.1. The third-order valence-corrected chi connectivity index (χ3v) is 6.07. The van der Waals surface area contributed by atoms with Crippen LogP contribution in [0.3, 0.4) is 0 Å². The van der Waals surface area contributed by atoms with E-state index in [1.165, 1.54) is 31.2 Å². The summed E-state index contributed by atoms with van der Waals surface area (Å²) in [5.74, 6) is -1.11. The molecule has 0 bridgehead atoms. The Morgan fingerprint density at radius 2 is 1.42 bits per heavy atom. The lowest BCUT2D eigenvalue weighted by Gasteiger charge is -2.48. The molecule has 2 heterocycles. The van der Waals surface area contributed by atoms with Crippen molar-refractivity contribution in [1.82, 2.24) is 10.6 Å². The lowest BCUT2D eigenvalue weighted by molar-refractivity contribution is -0.384. The Morgan fingerprint density at radius 3 is 1.95 bits per heavy atom. The van der Waals surface area contributed by atoms with Gasteiger partial charge >= 0.3 is 0 Å². The number of nitrogens with zero attached hydrogens (tertiary/aromatic N) is 1. The lowest BCUT2D eigenvalue weighted by atomic mass is 9.94. The fourth-order valence-corrected chi connectivity index (χ4v) is 4.24. The molecule has 38 heavy (non-hydrogen) atoms. The van der Waals surface area contributed by atoms with Gasteiger partial charge in [0.05, 0.1) is 18.1 Å². The molecule has 0 spiro atoms. The molecule has 0 saturated carbocycles. The van der Waals surface area contributed by atoms with Gasteiger partial charge in [-0.3, -0.25) is 19.7 Å². The fourth-order valence-electron chi connectivity index (χ4n) is 4.24. The maximum atomic E-state index is 12.1. The van der Waals surface area contributed by atoms with E-state index < -0.39 is 91.2 Å². The highest BCUT2D eigenvalue weighted by atomic mass is 16.7. The molecule has 212 valence electrons. The molecule has 1 aromatic rings. The van der Waals surface area contributed by atoms with E-state index >= 15 is 0 Å². The highest BCUT2D eigenvalue weighted by Gasteiger charge is 2.52. The molecular weight excluding hydrogens is 514 g/mol. The Labute approximate surface area is 216 Å². The summed E-state index contributed by atoms with van der Waals surface area (Å²) in [4.78, 5) is 34.1. The number of amides is 2. The third kappa shape index (κ3) is 6.72. The van der Waals surface area contributed by atoms with E-state index in [2.05, 4.69) is 10.6 Å². The first-order valence-corrected chi connectivity index (χ1v) is 11.6. The van der Waals surface area contributed by atoms with Gasteiger partial charge < -0.3 is 55.1 Å². The molecule has 0 unspecified atom stereocenters. The van der Waals surface area contributed by atoms with Crippen molar-refractivity contribution in [3.8, 4) is 5.75 Å². The molecule has 2 fully saturated rings. The molecule has 1 aromatic carbocycles. The zero-order valence-electron chi connectivity index (χ0n) is 20.4. The predicted molar refractivity (Wildman–Crippen MR) is 123 cm³/mol. The first-order chi connectivity index (χ1) is 18.0. The quantitative estimate of drug-likeness (QED) is 0.120. The number of carbonyl (C=O) groups is 2. The number of nitro groups is 1. The normalized spacial score (nSPS) is 35.2. The molecule has 2 aliphatic rings. The van der Waals surface area contributed by atoms with E-state index in [4.69, 9.17) is 18.9 Å². The molecule has 3 rings (SSSR count). The Bertz CT molecular complexity index is 980. The van der Waals surface area contributed by atoms with E-state index in [9.17, 15) is 45.2 Å². The number of nitro benzene ring substituents is 1. The molecular formula is C22H31N3O13. The van der Waals surface area contributed by atoms with Crippen LogP contribution in [0.5, 0.6) is 5.75 Å². The molecule has 0 radical (unpaired) electrons. The van der Waals surface area contributed by atoms with Gasteiger partial charge in [0.1, 0.15) is 54.5 Å². The van der Waals surface area contributed by atoms with Gasteiger partial charge in [-0.15, -0.1) is 0 Å². The van der Waals surface area contributed by atoms with Crippen LogP contribution in [0, 0.1) is 10.1 Å². The summed E-state index contributed by atoms with van der Waals surface area (Å²) in [7, 11) is 0. The predicted octanol–water partition coefficient (Wildman–Crippen LogP) is -3.11. The van der Waals surface area contributed by atoms with Gasteiger partial charge in [0, 0.05) is 26.0 Å². The summed E-state index contributed by atoms with van der Waals surface area (Å²) >= 11 is 0. The number of non-ortho nitro benzene ring substituents is 1. The van der Waals surface area contributed by atoms with Crippen molar-refractivity contribution in [3.63, 3.8) is 0 Å². The minimum atomic E-state index is -1.65. The Balaban J connectivity index is 1.93. The molecule has 2 amide bonds. The molecule has 10 atom stereocenters. The van der Waals surface area contributed by atoms with Crippen LogP contribution in [0.1, 0.15) is 13.8 Å². The molecule has 2 saturated heterocycles. The maximum Gasteiger partial charge on any atom is 0.269 e. The van der Waals surface area contributed by atoms with Gasteiger partial charge in [0.2, 0.25) is 18.1 Å². The van der Waals surface area contributed by atoms with Crippen molar-refractivity contribution in [2.75, 3.05) is 13.2 Å². The number of aliphatic hydroxyl groups is 5. The van der Waals surface area contributed by atoms with Gasteiger partial charge in [0.15, 0.2) is 6.29 Å². The highest BCUT2D eigenvalue weighted by Crippen LogP contribution is 2.31. The van der Waals surface area contributed by atoms with Crippen LogP contribution in [-0.2, 0) is 23.8 Å². The summed E-state index contributed by atoms with van der Waals surface area (Å²) in [6.45, 7) is 0.883. The van der Waals surface area contributed by atoms with Crippen molar-refractivity contribution in [2.24, 2.45) is 0 Å². The van der Waals surface area contributed by atoms with E-state index in [0.717, 1.165) is 6.92 Å². The number of hydrogen-bond donors (Lipinski definition) is 7. The van der Waals surface area contributed by atoms with Crippen LogP contribution >= 0.6 is 0 Å². The molecule has 0 aromatic heterocycles. The lowest BCUT2D eigenvalue weighted by Crippen LogP contribution is -2.70. The van der Waals surface area contributed by atoms with Crippen molar-refractivity contribution < 1.29 is 59.0 Å². The number of nitrogens with one attached hydrogen (secondary N) is 2.